The van der Waals surface area contributed by atoms with Crippen molar-refractivity contribution in [1.82, 2.24) is 14.7 Å². The van der Waals surface area contributed by atoms with E-state index in [1.165, 1.54) is 29.1 Å². The van der Waals surface area contributed by atoms with Gasteiger partial charge in [-0.05, 0) is 54.9 Å². The fraction of sp³-hybridized carbons (Fsp3) is 0.667. The fourth-order valence-corrected chi connectivity index (χ4v) is 7.21. The van der Waals surface area contributed by atoms with Crippen LogP contribution < -0.4 is 0 Å². The number of carbonyl (C=O) groups is 2. The predicted molar refractivity (Wildman–Crippen MR) is 121 cm³/mol. The van der Waals surface area contributed by atoms with Crippen molar-refractivity contribution in [3.63, 3.8) is 0 Å². The third-order valence-corrected chi connectivity index (χ3v) is 8.70. The van der Waals surface area contributed by atoms with Crippen LogP contribution in [0.4, 0.5) is 4.79 Å². The number of hydrogen-bond acceptors (Lipinski definition) is 4. The Balaban J connectivity index is 1.39. The molecule has 0 saturated carbocycles. The number of piperidine rings is 1. The first-order valence-corrected chi connectivity index (χ1v) is 12.7. The second-order valence-electron chi connectivity index (χ2n) is 9.88. The largest absolute Gasteiger partial charge is 0.327 e. The summed E-state index contributed by atoms with van der Waals surface area (Å²) in [7, 11) is 0. The normalized spacial score (nSPS) is 27.1. The minimum absolute atomic E-state index is 0.0271. The van der Waals surface area contributed by atoms with Crippen molar-refractivity contribution in [1.29, 1.82) is 0 Å². The van der Waals surface area contributed by atoms with Gasteiger partial charge in [-0.25, -0.2) is 4.79 Å². The summed E-state index contributed by atoms with van der Waals surface area (Å²) in [5.74, 6) is 2.89. The number of benzene rings is 1. The van der Waals surface area contributed by atoms with Gasteiger partial charge in [-0.1, -0.05) is 38.1 Å². The van der Waals surface area contributed by atoms with E-state index in [0.29, 0.717) is 18.5 Å². The molecule has 1 aliphatic carbocycles. The van der Waals surface area contributed by atoms with Gasteiger partial charge in [0.15, 0.2) is 0 Å². The number of urea groups is 1. The highest BCUT2D eigenvalue weighted by atomic mass is 32.2. The summed E-state index contributed by atoms with van der Waals surface area (Å²) in [6.45, 7) is 6.81. The van der Waals surface area contributed by atoms with Crippen LogP contribution in [-0.2, 0) is 17.6 Å². The molecule has 162 valence electrons. The topological polar surface area (TPSA) is 43.9 Å². The molecule has 3 heterocycles. The summed E-state index contributed by atoms with van der Waals surface area (Å²) in [5.41, 5.74) is 1.94. The van der Waals surface area contributed by atoms with Crippen molar-refractivity contribution in [2.24, 2.45) is 5.92 Å². The van der Waals surface area contributed by atoms with Crippen LogP contribution in [0.2, 0.25) is 0 Å². The average Bonchev–Trinajstić information content (AvgIpc) is 3.44. The van der Waals surface area contributed by atoms with E-state index in [1.54, 1.807) is 4.90 Å². The monoisotopic (exact) mass is 427 g/mol. The SMILES string of the molecule is CC(C)CN1C(=O)N(C2Cc3ccccc3C2)C(=O)C12CCN(C1CCSC1)CC2. The van der Waals surface area contributed by atoms with E-state index in [2.05, 4.69) is 43.0 Å². The molecule has 6 heteroatoms. The maximum Gasteiger partial charge on any atom is 0.327 e. The van der Waals surface area contributed by atoms with Crippen molar-refractivity contribution in [3.05, 3.63) is 35.4 Å². The molecule has 3 amide bonds. The van der Waals surface area contributed by atoms with Crippen molar-refractivity contribution in [3.8, 4) is 0 Å². The molecular weight excluding hydrogens is 394 g/mol. The van der Waals surface area contributed by atoms with Crippen molar-refractivity contribution in [2.75, 3.05) is 31.1 Å². The Morgan fingerprint density at radius 1 is 1.07 bits per heavy atom. The van der Waals surface area contributed by atoms with E-state index >= 15 is 0 Å². The van der Waals surface area contributed by atoms with Crippen LogP contribution >= 0.6 is 11.8 Å². The molecule has 1 unspecified atom stereocenters. The zero-order valence-electron chi connectivity index (χ0n) is 18.2. The Labute approximate surface area is 184 Å². The van der Waals surface area contributed by atoms with Gasteiger partial charge in [-0.2, -0.15) is 11.8 Å². The molecule has 0 N–H and O–H groups in total. The van der Waals surface area contributed by atoms with Crippen LogP contribution in [0.15, 0.2) is 24.3 Å². The fourth-order valence-electron chi connectivity index (χ4n) is 5.95. The Bertz CT molecular complexity index is 802. The average molecular weight is 428 g/mol. The maximum atomic E-state index is 13.9. The van der Waals surface area contributed by atoms with Gasteiger partial charge in [0, 0.05) is 37.5 Å². The predicted octanol–water partition coefficient (Wildman–Crippen LogP) is 3.41. The van der Waals surface area contributed by atoms with E-state index < -0.39 is 5.54 Å². The summed E-state index contributed by atoms with van der Waals surface area (Å²) >= 11 is 2.04. The van der Waals surface area contributed by atoms with Crippen LogP contribution in [0.25, 0.3) is 0 Å². The van der Waals surface area contributed by atoms with Crippen LogP contribution in [0, 0.1) is 5.92 Å². The molecule has 30 heavy (non-hydrogen) atoms. The Kier molecular flexibility index (Phi) is 5.34. The number of likely N-dealkylation sites (tertiary alicyclic amines) is 1. The van der Waals surface area contributed by atoms with Crippen LogP contribution in [0.3, 0.4) is 0 Å². The lowest BCUT2D eigenvalue weighted by Gasteiger charge is -2.44. The number of hydrogen-bond donors (Lipinski definition) is 0. The number of imide groups is 1. The Hall–Kier alpha value is -1.53. The van der Waals surface area contributed by atoms with Crippen molar-refractivity contribution < 1.29 is 9.59 Å². The van der Waals surface area contributed by atoms with E-state index in [1.807, 2.05) is 16.7 Å². The van der Waals surface area contributed by atoms with Crippen LogP contribution in [0.5, 0.6) is 0 Å². The zero-order valence-corrected chi connectivity index (χ0v) is 19.0. The van der Waals surface area contributed by atoms with Gasteiger partial charge in [0.05, 0.1) is 0 Å². The lowest BCUT2D eigenvalue weighted by Crippen LogP contribution is -2.58. The highest BCUT2D eigenvalue weighted by Crippen LogP contribution is 2.41. The van der Waals surface area contributed by atoms with E-state index in [4.69, 9.17) is 0 Å². The van der Waals surface area contributed by atoms with Crippen molar-refractivity contribution in [2.45, 2.75) is 63.6 Å². The maximum absolute atomic E-state index is 13.9. The van der Waals surface area contributed by atoms with Gasteiger partial charge in [0.2, 0.25) is 0 Å². The molecule has 1 aromatic carbocycles. The van der Waals surface area contributed by atoms with Gasteiger partial charge in [-0.15, -0.1) is 0 Å². The number of amides is 3. The van der Waals surface area contributed by atoms with Crippen molar-refractivity contribution >= 4 is 23.7 Å². The van der Waals surface area contributed by atoms with E-state index in [9.17, 15) is 9.59 Å². The molecule has 5 rings (SSSR count). The van der Waals surface area contributed by atoms with Gasteiger partial charge < -0.3 is 4.90 Å². The molecule has 1 spiro atoms. The number of rotatable bonds is 4. The minimum atomic E-state index is -0.627. The van der Waals surface area contributed by atoms with Gasteiger partial charge in [0.25, 0.3) is 5.91 Å². The lowest BCUT2D eigenvalue weighted by atomic mass is 9.84. The summed E-state index contributed by atoms with van der Waals surface area (Å²) in [5, 5.41) is 0. The zero-order chi connectivity index (χ0) is 20.9. The summed E-state index contributed by atoms with van der Waals surface area (Å²) in [6, 6.07) is 8.97. The third kappa shape index (κ3) is 3.27. The summed E-state index contributed by atoms with van der Waals surface area (Å²) in [6.07, 6.45) is 4.41. The number of fused-ring (bicyclic) bond motifs is 1. The van der Waals surface area contributed by atoms with Gasteiger partial charge in [0.1, 0.15) is 5.54 Å². The number of thioether (sulfide) groups is 1. The Morgan fingerprint density at radius 3 is 2.30 bits per heavy atom. The molecule has 0 aromatic heterocycles. The highest BCUT2D eigenvalue weighted by Gasteiger charge is 2.59. The second kappa shape index (κ2) is 7.86. The second-order valence-corrected chi connectivity index (χ2v) is 11.0. The molecular formula is C24H33N3O2S. The van der Waals surface area contributed by atoms with Gasteiger partial charge in [-0.3, -0.25) is 14.6 Å². The lowest BCUT2D eigenvalue weighted by molar-refractivity contribution is -0.137. The first kappa shape index (κ1) is 20.4. The number of carbonyl (C=O) groups excluding carboxylic acids is 2. The molecule has 1 aromatic rings. The first-order chi connectivity index (χ1) is 14.5. The molecule has 3 aliphatic heterocycles. The molecule has 1 atom stereocenters. The minimum Gasteiger partial charge on any atom is -0.309 e. The molecule has 3 saturated heterocycles. The molecule has 3 fully saturated rings. The molecule has 0 bridgehead atoms. The molecule has 0 radical (unpaired) electrons. The van der Waals surface area contributed by atoms with Gasteiger partial charge >= 0.3 is 6.03 Å². The standard InChI is InChI=1S/C24H33N3O2S/c1-17(2)15-26-23(29)27(21-13-18-5-3-4-6-19(18)14-21)22(28)24(26)8-10-25(11-9-24)20-7-12-30-16-20/h3-6,17,20-21H,7-16H2,1-2H3. The molecule has 5 nitrogen and oxygen atoms in total. The van der Waals surface area contributed by atoms with E-state index in [0.717, 1.165) is 38.8 Å². The molecule has 4 aliphatic rings. The summed E-state index contributed by atoms with van der Waals surface area (Å²) < 4.78 is 0. The quantitative estimate of drug-likeness (QED) is 0.691. The van der Waals surface area contributed by atoms with E-state index in [-0.39, 0.29) is 18.0 Å². The third-order valence-electron chi connectivity index (χ3n) is 7.56. The Morgan fingerprint density at radius 2 is 1.73 bits per heavy atom. The highest BCUT2D eigenvalue weighted by molar-refractivity contribution is 7.99. The number of nitrogens with zero attached hydrogens (tertiary/aromatic N) is 3. The first-order valence-electron chi connectivity index (χ1n) is 11.5. The van der Waals surface area contributed by atoms with Crippen LogP contribution in [0.1, 0.15) is 44.2 Å². The summed E-state index contributed by atoms with van der Waals surface area (Å²) in [4.78, 5) is 33.7. The smallest absolute Gasteiger partial charge is 0.309 e. The van der Waals surface area contributed by atoms with Crippen LogP contribution in [-0.4, -0.2) is 75.4 Å².